The van der Waals surface area contributed by atoms with Crippen LogP contribution in [0.3, 0.4) is 0 Å². The Balaban J connectivity index is 2.09. The zero-order chi connectivity index (χ0) is 16.8. The Morgan fingerprint density at radius 3 is 2.91 bits per heavy atom. The lowest BCUT2D eigenvalue weighted by atomic mass is 10.2. The summed E-state index contributed by atoms with van der Waals surface area (Å²) in [5.41, 5.74) is 5.75. The number of carbonyl (C=O) groups is 2. The molecule has 3 N–H and O–H groups in total. The van der Waals surface area contributed by atoms with Crippen molar-refractivity contribution in [3.63, 3.8) is 0 Å². The second kappa shape index (κ2) is 7.63. The number of imide groups is 1. The lowest BCUT2D eigenvalue weighted by Crippen LogP contribution is -2.35. The Morgan fingerprint density at radius 2 is 2.30 bits per heavy atom. The number of aryl methyl sites for hydroxylation is 1. The van der Waals surface area contributed by atoms with Crippen molar-refractivity contribution in [1.29, 1.82) is 0 Å². The molecule has 2 rings (SSSR count). The molecule has 2 aromatic rings. The summed E-state index contributed by atoms with van der Waals surface area (Å²) >= 11 is 1.36. The van der Waals surface area contributed by atoms with Crippen molar-refractivity contribution in [1.82, 2.24) is 20.1 Å². The molecule has 0 bridgehead atoms. The number of hydrogen-bond acceptors (Lipinski definition) is 6. The van der Waals surface area contributed by atoms with Gasteiger partial charge in [-0.15, -0.1) is 16.8 Å². The predicted molar refractivity (Wildman–Crippen MR) is 85.7 cm³/mol. The minimum Gasteiger partial charge on any atom is -0.469 e. The fourth-order valence-electron chi connectivity index (χ4n) is 1.94. The van der Waals surface area contributed by atoms with Crippen LogP contribution >= 0.6 is 11.8 Å². The number of hydrogen-bond donors (Lipinski definition) is 2. The van der Waals surface area contributed by atoms with Crippen LogP contribution in [0.1, 0.15) is 12.2 Å². The number of allylic oxidation sites excluding steroid dienone is 1. The highest BCUT2D eigenvalue weighted by atomic mass is 32.2. The third-order valence-electron chi connectivity index (χ3n) is 2.95. The lowest BCUT2D eigenvalue weighted by molar-refractivity contribution is -0.119. The highest BCUT2D eigenvalue weighted by molar-refractivity contribution is 7.99. The number of thioether (sulfide) groups is 1. The first-order valence-electron chi connectivity index (χ1n) is 6.83. The van der Waals surface area contributed by atoms with E-state index in [1.807, 2.05) is 22.9 Å². The normalized spacial score (nSPS) is 10.5. The number of rotatable bonds is 7. The van der Waals surface area contributed by atoms with Crippen molar-refractivity contribution in [2.24, 2.45) is 5.73 Å². The molecule has 9 heteroatoms. The number of primary amides is 1. The number of furan rings is 1. The van der Waals surface area contributed by atoms with Gasteiger partial charge in [0.25, 0.3) is 0 Å². The lowest BCUT2D eigenvalue weighted by Gasteiger charge is -2.07. The molecule has 0 saturated carbocycles. The van der Waals surface area contributed by atoms with Gasteiger partial charge >= 0.3 is 6.03 Å². The van der Waals surface area contributed by atoms with E-state index >= 15 is 0 Å². The van der Waals surface area contributed by atoms with Gasteiger partial charge in [0.1, 0.15) is 5.76 Å². The molecule has 3 amide bonds. The Morgan fingerprint density at radius 1 is 1.52 bits per heavy atom. The van der Waals surface area contributed by atoms with E-state index in [1.54, 1.807) is 12.3 Å². The second-order valence-corrected chi connectivity index (χ2v) is 5.67. The molecular formula is C14H17N5O3S. The largest absolute Gasteiger partial charge is 0.469 e. The van der Waals surface area contributed by atoms with E-state index in [-0.39, 0.29) is 6.42 Å². The first-order chi connectivity index (χ1) is 11.0. The van der Waals surface area contributed by atoms with Crippen molar-refractivity contribution in [2.45, 2.75) is 25.0 Å². The van der Waals surface area contributed by atoms with E-state index < -0.39 is 11.9 Å². The molecule has 23 heavy (non-hydrogen) atoms. The van der Waals surface area contributed by atoms with Crippen molar-refractivity contribution in [3.05, 3.63) is 30.7 Å². The minimum atomic E-state index is -0.854. The molecule has 122 valence electrons. The van der Waals surface area contributed by atoms with E-state index in [0.29, 0.717) is 23.3 Å². The summed E-state index contributed by atoms with van der Waals surface area (Å²) in [5.74, 6) is 1.45. The van der Waals surface area contributed by atoms with Crippen LogP contribution < -0.4 is 11.1 Å². The van der Waals surface area contributed by atoms with Crippen molar-refractivity contribution < 1.29 is 14.0 Å². The van der Waals surface area contributed by atoms with Crippen molar-refractivity contribution in [3.8, 4) is 11.4 Å². The van der Waals surface area contributed by atoms with E-state index in [9.17, 15) is 9.59 Å². The fraction of sp³-hybridized carbons (Fsp3) is 0.286. The summed E-state index contributed by atoms with van der Waals surface area (Å²) in [4.78, 5) is 22.0. The molecule has 0 aliphatic rings. The van der Waals surface area contributed by atoms with E-state index in [0.717, 1.165) is 11.3 Å². The molecular weight excluding hydrogens is 318 g/mol. The van der Waals surface area contributed by atoms with Gasteiger partial charge in [0.15, 0.2) is 11.0 Å². The van der Waals surface area contributed by atoms with Crippen molar-refractivity contribution >= 4 is 23.7 Å². The van der Waals surface area contributed by atoms with Crippen LogP contribution in [0.25, 0.3) is 11.4 Å². The maximum atomic E-state index is 11.4. The Kier molecular flexibility index (Phi) is 5.58. The van der Waals surface area contributed by atoms with Gasteiger partial charge in [-0.3, -0.25) is 14.7 Å². The molecule has 0 spiro atoms. The molecule has 2 heterocycles. The number of nitrogens with two attached hydrogens (primary N) is 1. The standard InChI is InChI=1S/C14H17N5O3S/c1-3-6-19-12(10-4-7-22-9(10)2)17-18-14(19)23-8-5-11(20)16-13(15)21/h3-4,7H,1,5-6,8H2,2H3,(H3,15,16,20,21). The van der Waals surface area contributed by atoms with E-state index in [1.165, 1.54) is 11.8 Å². The fourth-order valence-corrected chi connectivity index (χ4v) is 2.83. The summed E-state index contributed by atoms with van der Waals surface area (Å²) in [6, 6.07) is 0.973. The van der Waals surface area contributed by atoms with Crippen LogP contribution in [0.2, 0.25) is 0 Å². The van der Waals surface area contributed by atoms with Crippen molar-refractivity contribution in [2.75, 3.05) is 5.75 Å². The number of nitrogens with zero attached hydrogens (tertiary/aromatic N) is 3. The SMILES string of the molecule is C=CCn1c(SCCC(=O)NC(N)=O)nnc1-c1ccoc1C. The average Bonchev–Trinajstić information content (AvgIpc) is 3.05. The molecule has 0 fully saturated rings. The minimum absolute atomic E-state index is 0.147. The molecule has 0 aliphatic heterocycles. The van der Waals surface area contributed by atoms with Gasteiger partial charge in [0.05, 0.1) is 11.8 Å². The molecule has 0 unspecified atom stereocenters. The topological polar surface area (TPSA) is 116 Å². The van der Waals surface area contributed by atoms with Gasteiger partial charge in [-0.2, -0.15) is 0 Å². The number of amides is 3. The second-order valence-electron chi connectivity index (χ2n) is 4.61. The summed E-state index contributed by atoms with van der Waals surface area (Å²) in [7, 11) is 0. The molecule has 2 aromatic heterocycles. The number of nitrogens with one attached hydrogen (secondary N) is 1. The molecule has 0 saturated heterocycles. The predicted octanol–water partition coefficient (Wildman–Crippen LogP) is 1.71. The van der Waals surface area contributed by atoms with Crippen LogP contribution in [0.15, 0.2) is 34.6 Å². The quantitative estimate of drug-likeness (QED) is 0.588. The Bertz CT molecular complexity index is 722. The monoisotopic (exact) mass is 335 g/mol. The van der Waals surface area contributed by atoms with E-state index in [2.05, 4.69) is 16.8 Å². The van der Waals surface area contributed by atoms with Crippen LogP contribution in [0.5, 0.6) is 0 Å². The summed E-state index contributed by atoms with van der Waals surface area (Å²) in [6.07, 6.45) is 3.49. The Hall–Kier alpha value is -2.55. The molecule has 0 radical (unpaired) electrons. The highest BCUT2D eigenvalue weighted by Crippen LogP contribution is 2.27. The first kappa shape index (κ1) is 16.8. The highest BCUT2D eigenvalue weighted by Gasteiger charge is 2.17. The summed E-state index contributed by atoms with van der Waals surface area (Å²) in [6.45, 7) is 6.12. The molecule has 0 aliphatic carbocycles. The van der Waals surface area contributed by atoms with Gasteiger partial charge in [-0.25, -0.2) is 4.79 Å². The first-order valence-corrected chi connectivity index (χ1v) is 7.82. The third kappa shape index (κ3) is 4.22. The van der Waals surface area contributed by atoms with Gasteiger partial charge < -0.3 is 10.2 Å². The van der Waals surface area contributed by atoms with Gasteiger partial charge in [0, 0.05) is 18.7 Å². The smallest absolute Gasteiger partial charge is 0.318 e. The van der Waals surface area contributed by atoms with Crippen LogP contribution in [-0.2, 0) is 11.3 Å². The van der Waals surface area contributed by atoms with Crippen LogP contribution in [-0.4, -0.2) is 32.5 Å². The number of urea groups is 1. The van der Waals surface area contributed by atoms with Gasteiger partial charge in [-0.1, -0.05) is 17.8 Å². The Labute approximate surface area is 137 Å². The zero-order valence-electron chi connectivity index (χ0n) is 12.6. The zero-order valence-corrected chi connectivity index (χ0v) is 13.4. The van der Waals surface area contributed by atoms with Gasteiger partial charge in [-0.05, 0) is 13.0 Å². The maximum absolute atomic E-state index is 11.4. The van der Waals surface area contributed by atoms with Gasteiger partial charge in [0.2, 0.25) is 5.91 Å². The summed E-state index contributed by atoms with van der Waals surface area (Å²) in [5, 5.41) is 11.0. The van der Waals surface area contributed by atoms with E-state index in [4.69, 9.17) is 10.2 Å². The average molecular weight is 335 g/mol. The van der Waals surface area contributed by atoms with Crippen LogP contribution in [0, 0.1) is 6.92 Å². The van der Waals surface area contributed by atoms with Crippen LogP contribution in [0.4, 0.5) is 4.79 Å². The third-order valence-corrected chi connectivity index (χ3v) is 3.92. The number of aromatic nitrogens is 3. The molecule has 8 nitrogen and oxygen atoms in total. The number of carbonyl (C=O) groups excluding carboxylic acids is 2. The maximum Gasteiger partial charge on any atom is 0.318 e. The summed E-state index contributed by atoms with van der Waals surface area (Å²) < 4.78 is 7.19. The molecule has 0 aromatic carbocycles. The molecule has 0 atom stereocenters.